The lowest BCUT2D eigenvalue weighted by molar-refractivity contribution is -0.391. The number of nitrogens with one attached hydrogen (secondary N) is 1. The van der Waals surface area contributed by atoms with Crippen molar-refractivity contribution in [3.63, 3.8) is 0 Å². The Morgan fingerprint density at radius 2 is 2.35 bits per heavy atom. The van der Waals surface area contributed by atoms with Gasteiger partial charge in [0.1, 0.15) is 6.20 Å². The number of hydrogen-bond acceptors (Lipinski definition) is 6. The van der Waals surface area contributed by atoms with E-state index in [2.05, 4.69) is 14.4 Å². The van der Waals surface area contributed by atoms with Crippen LogP contribution in [0.25, 0.3) is 0 Å². The molecule has 0 saturated heterocycles. The molecule has 0 radical (unpaired) electrons. The van der Waals surface area contributed by atoms with E-state index < -0.39 is 20.8 Å². The monoisotopic (exact) mass is 264 g/mol. The van der Waals surface area contributed by atoms with Crippen LogP contribution in [0.1, 0.15) is 0 Å². The molecule has 0 aliphatic carbocycles. The number of nitrogens with zero attached hydrogens (tertiary/aromatic N) is 3. The quantitative estimate of drug-likeness (QED) is 0.396. The van der Waals surface area contributed by atoms with Gasteiger partial charge in [0.2, 0.25) is 5.88 Å². The zero-order valence-electron chi connectivity index (χ0n) is 9.07. The van der Waals surface area contributed by atoms with Gasteiger partial charge in [-0.25, -0.2) is 18.1 Å². The van der Waals surface area contributed by atoms with Gasteiger partial charge in [0.05, 0.1) is 6.61 Å². The van der Waals surface area contributed by atoms with Gasteiger partial charge in [0, 0.05) is 13.7 Å². The van der Waals surface area contributed by atoms with Crippen LogP contribution in [0, 0.1) is 10.1 Å². The van der Waals surface area contributed by atoms with E-state index in [1.165, 1.54) is 7.11 Å². The van der Waals surface area contributed by atoms with E-state index in [9.17, 15) is 18.5 Å². The Morgan fingerprint density at radius 3 is 2.94 bits per heavy atom. The van der Waals surface area contributed by atoms with Gasteiger partial charge < -0.3 is 14.9 Å². The predicted octanol–water partition coefficient (Wildman–Crippen LogP) is -0.685. The third-order valence-corrected chi connectivity index (χ3v) is 3.08. The number of methoxy groups -OCH3 is 1. The number of sulfonamides is 1. The molecule has 1 N–H and O–H groups in total. The molecule has 96 valence electrons. The summed E-state index contributed by atoms with van der Waals surface area (Å²) in [5.41, 5.74) is 0. The van der Waals surface area contributed by atoms with Crippen LogP contribution >= 0.6 is 0 Å². The molecule has 1 aromatic heterocycles. The average Bonchev–Trinajstić information content (AvgIpc) is 2.65. The van der Waals surface area contributed by atoms with Gasteiger partial charge in [-0.3, -0.25) is 0 Å². The molecule has 0 amide bonds. The number of imidazole rings is 1. The van der Waals surface area contributed by atoms with Crippen LogP contribution in [0.3, 0.4) is 0 Å². The summed E-state index contributed by atoms with van der Waals surface area (Å²) in [5.74, 6) is -0.922. The van der Waals surface area contributed by atoms with Gasteiger partial charge in [0.15, 0.2) is 6.33 Å². The lowest BCUT2D eigenvalue weighted by Crippen LogP contribution is -2.30. The first-order valence-corrected chi connectivity index (χ1v) is 6.22. The third kappa shape index (κ3) is 4.09. The Labute approximate surface area is 97.6 Å². The molecule has 0 unspecified atom stereocenters. The zero-order chi connectivity index (χ0) is 12.9. The van der Waals surface area contributed by atoms with Gasteiger partial charge >= 0.3 is 5.82 Å². The van der Waals surface area contributed by atoms with Crippen LogP contribution in [0.5, 0.6) is 0 Å². The molecule has 0 atom stereocenters. The van der Waals surface area contributed by atoms with Crippen LogP contribution in [-0.4, -0.2) is 43.2 Å². The molecule has 1 heterocycles. The summed E-state index contributed by atoms with van der Waals surface area (Å²) in [4.78, 5) is 13.4. The minimum absolute atomic E-state index is 0.112. The summed E-state index contributed by atoms with van der Waals surface area (Å²) >= 11 is 0. The predicted molar refractivity (Wildman–Crippen MR) is 57.7 cm³/mol. The van der Waals surface area contributed by atoms with Crippen molar-refractivity contribution in [2.75, 3.05) is 20.3 Å². The largest absolute Gasteiger partial charge is 0.383 e. The maximum absolute atomic E-state index is 11.5. The normalized spacial score (nSPS) is 11.6. The van der Waals surface area contributed by atoms with Crippen LogP contribution in [0.15, 0.2) is 12.5 Å². The SMILES string of the molecule is COCCNS(=O)(=O)Cn1cncc1[N+](=O)[O-]. The maximum Gasteiger partial charge on any atom is 0.343 e. The highest BCUT2D eigenvalue weighted by Gasteiger charge is 2.20. The molecule has 9 nitrogen and oxygen atoms in total. The van der Waals surface area contributed by atoms with Crippen molar-refractivity contribution >= 4 is 15.8 Å². The Hall–Kier alpha value is -1.52. The first-order valence-electron chi connectivity index (χ1n) is 4.57. The fourth-order valence-corrected chi connectivity index (χ4v) is 2.14. The minimum Gasteiger partial charge on any atom is -0.383 e. The Morgan fingerprint density at radius 1 is 1.65 bits per heavy atom. The van der Waals surface area contributed by atoms with Crippen molar-refractivity contribution in [2.45, 2.75) is 5.88 Å². The summed E-state index contributed by atoms with van der Waals surface area (Å²) in [7, 11) is -2.20. The molecule has 0 aliphatic rings. The summed E-state index contributed by atoms with van der Waals surface area (Å²) in [6.45, 7) is 0.340. The van der Waals surface area contributed by atoms with E-state index in [0.29, 0.717) is 0 Å². The highest BCUT2D eigenvalue weighted by Crippen LogP contribution is 2.10. The van der Waals surface area contributed by atoms with E-state index in [4.69, 9.17) is 0 Å². The molecule has 17 heavy (non-hydrogen) atoms. The maximum atomic E-state index is 11.5. The molecule has 0 bridgehead atoms. The highest BCUT2D eigenvalue weighted by molar-refractivity contribution is 7.88. The summed E-state index contributed by atoms with van der Waals surface area (Å²) in [5, 5.41) is 10.5. The van der Waals surface area contributed by atoms with Crippen LogP contribution in [-0.2, 0) is 20.6 Å². The van der Waals surface area contributed by atoms with E-state index >= 15 is 0 Å². The fraction of sp³-hybridized carbons (Fsp3) is 0.571. The summed E-state index contributed by atoms with van der Waals surface area (Å²) < 4.78 is 30.9. The second kappa shape index (κ2) is 5.70. The molecule has 0 spiro atoms. The molecule has 1 rings (SSSR count). The van der Waals surface area contributed by atoms with Crippen molar-refractivity contribution in [1.29, 1.82) is 0 Å². The third-order valence-electron chi connectivity index (χ3n) is 1.81. The molecule has 0 aliphatic heterocycles. The number of nitro groups is 1. The van der Waals surface area contributed by atoms with E-state index in [1.54, 1.807) is 0 Å². The Kier molecular flexibility index (Phi) is 4.54. The van der Waals surface area contributed by atoms with E-state index in [-0.39, 0.29) is 19.0 Å². The Balaban J connectivity index is 2.69. The number of ether oxygens (including phenoxy) is 1. The van der Waals surface area contributed by atoms with Crippen molar-refractivity contribution in [1.82, 2.24) is 14.3 Å². The molecule has 0 aromatic carbocycles. The van der Waals surface area contributed by atoms with Gasteiger partial charge in [-0.2, -0.15) is 4.57 Å². The zero-order valence-corrected chi connectivity index (χ0v) is 9.88. The van der Waals surface area contributed by atoms with Crippen molar-refractivity contribution in [3.8, 4) is 0 Å². The fourth-order valence-electron chi connectivity index (χ4n) is 1.09. The van der Waals surface area contributed by atoms with Crippen LogP contribution in [0.4, 0.5) is 5.82 Å². The molecular weight excluding hydrogens is 252 g/mol. The molecule has 0 saturated carbocycles. The van der Waals surface area contributed by atoms with Crippen molar-refractivity contribution in [3.05, 3.63) is 22.6 Å². The lowest BCUT2D eigenvalue weighted by Gasteiger charge is -2.04. The first-order chi connectivity index (χ1) is 7.96. The second-order valence-corrected chi connectivity index (χ2v) is 4.89. The van der Waals surface area contributed by atoms with Crippen molar-refractivity contribution in [2.24, 2.45) is 0 Å². The van der Waals surface area contributed by atoms with Gasteiger partial charge in [0.25, 0.3) is 10.0 Å². The first kappa shape index (κ1) is 13.5. The van der Waals surface area contributed by atoms with Crippen LogP contribution < -0.4 is 4.72 Å². The van der Waals surface area contributed by atoms with E-state index in [0.717, 1.165) is 17.1 Å². The molecule has 1 aromatic rings. The number of hydrogen-bond donors (Lipinski definition) is 1. The minimum atomic E-state index is -3.64. The highest BCUT2D eigenvalue weighted by atomic mass is 32.2. The van der Waals surface area contributed by atoms with Gasteiger partial charge in [-0.05, 0) is 4.92 Å². The molecular formula is C7H12N4O5S. The number of rotatable bonds is 7. The topological polar surface area (TPSA) is 116 Å². The van der Waals surface area contributed by atoms with Crippen molar-refractivity contribution < 1.29 is 18.1 Å². The van der Waals surface area contributed by atoms with Crippen LogP contribution in [0.2, 0.25) is 0 Å². The average molecular weight is 264 g/mol. The molecule has 10 heteroatoms. The van der Waals surface area contributed by atoms with Gasteiger partial charge in [-0.1, -0.05) is 0 Å². The van der Waals surface area contributed by atoms with Gasteiger partial charge in [-0.15, -0.1) is 0 Å². The second-order valence-electron chi connectivity index (χ2n) is 3.11. The number of aromatic nitrogens is 2. The summed E-state index contributed by atoms with van der Waals surface area (Å²) in [6, 6.07) is 0. The Bertz CT molecular complexity index is 482. The standard InChI is InChI=1S/C7H12N4O5S/c1-16-3-2-9-17(14,15)6-10-5-8-4-7(10)11(12)13/h4-5,9H,2-3,6H2,1H3. The smallest absolute Gasteiger partial charge is 0.343 e. The van der Waals surface area contributed by atoms with E-state index in [1.807, 2.05) is 0 Å². The lowest BCUT2D eigenvalue weighted by atomic mass is 10.7. The molecule has 0 fully saturated rings. The summed E-state index contributed by atoms with van der Waals surface area (Å²) in [6.07, 6.45) is 2.08.